The van der Waals surface area contributed by atoms with E-state index < -0.39 is 31.1 Å². The average Bonchev–Trinajstić information content (AvgIpc) is 3.25. The number of anilines is 1. The molecule has 2 aromatic heterocycles. The van der Waals surface area contributed by atoms with E-state index in [0.717, 1.165) is 0 Å². The van der Waals surface area contributed by atoms with Crippen LogP contribution in [0.3, 0.4) is 0 Å². The first-order valence-corrected chi connectivity index (χ1v) is 10.0. The third-order valence-electron chi connectivity index (χ3n) is 4.87. The molecule has 2 aliphatic rings. The highest BCUT2D eigenvalue weighted by Gasteiger charge is 2.45. The SMILES string of the molecule is CSc1nc(N2CCOCC2)c2c(C#N)nn([C@@H]3O[C@H](CO)[C@@H](O)[C@H]3O)c2n1. The van der Waals surface area contributed by atoms with Gasteiger partial charge < -0.3 is 29.7 Å². The second-order valence-corrected chi connectivity index (χ2v) is 7.24. The number of aromatic nitrogens is 4. The lowest BCUT2D eigenvalue weighted by molar-refractivity contribution is -0.0567. The van der Waals surface area contributed by atoms with E-state index in [0.29, 0.717) is 48.3 Å². The minimum absolute atomic E-state index is 0.0990. The summed E-state index contributed by atoms with van der Waals surface area (Å²) in [5.74, 6) is 0.576. The van der Waals surface area contributed by atoms with Crippen LogP contribution < -0.4 is 4.90 Å². The minimum atomic E-state index is -1.33. The molecule has 2 saturated heterocycles. The minimum Gasteiger partial charge on any atom is -0.394 e. The monoisotopic (exact) mass is 408 g/mol. The molecule has 4 heterocycles. The van der Waals surface area contributed by atoms with Crippen molar-refractivity contribution in [2.45, 2.75) is 29.7 Å². The molecule has 2 aromatic rings. The molecular formula is C16H20N6O5S. The lowest BCUT2D eigenvalue weighted by Gasteiger charge is -2.28. The normalized spacial score (nSPS) is 28.0. The Morgan fingerprint density at radius 3 is 2.61 bits per heavy atom. The molecule has 0 aliphatic carbocycles. The molecule has 0 unspecified atom stereocenters. The lowest BCUT2D eigenvalue weighted by Crippen LogP contribution is -2.37. The van der Waals surface area contributed by atoms with Crippen LogP contribution in [0.15, 0.2) is 5.16 Å². The van der Waals surface area contributed by atoms with Gasteiger partial charge in [-0.05, 0) is 6.26 Å². The predicted octanol–water partition coefficient (Wildman–Crippen LogP) is -1.13. The van der Waals surface area contributed by atoms with Crippen molar-refractivity contribution in [2.24, 2.45) is 0 Å². The Hall–Kier alpha value is -2.01. The second-order valence-electron chi connectivity index (χ2n) is 6.47. The number of nitrogens with zero attached hydrogens (tertiary/aromatic N) is 6. The fraction of sp³-hybridized carbons (Fsp3) is 0.625. The van der Waals surface area contributed by atoms with E-state index in [9.17, 15) is 20.6 Å². The van der Waals surface area contributed by atoms with E-state index in [1.165, 1.54) is 16.4 Å². The van der Waals surface area contributed by atoms with E-state index in [-0.39, 0.29) is 5.69 Å². The van der Waals surface area contributed by atoms with Crippen LogP contribution in [-0.2, 0) is 9.47 Å². The maximum absolute atomic E-state index is 10.4. The van der Waals surface area contributed by atoms with Crippen molar-refractivity contribution in [1.29, 1.82) is 5.26 Å². The first kappa shape index (κ1) is 19.3. The van der Waals surface area contributed by atoms with Gasteiger partial charge in [-0.2, -0.15) is 10.4 Å². The van der Waals surface area contributed by atoms with Crippen LogP contribution in [0, 0.1) is 11.3 Å². The Morgan fingerprint density at radius 2 is 2.00 bits per heavy atom. The molecule has 4 atom stereocenters. The summed E-state index contributed by atoms with van der Waals surface area (Å²) in [6, 6.07) is 2.06. The maximum Gasteiger partial charge on any atom is 0.191 e. The molecule has 0 aromatic carbocycles. The van der Waals surface area contributed by atoms with Gasteiger partial charge in [0.05, 0.1) is 19.8 Å². The smallest absolute Gasteiger partial charge is 0.191 e. The second kappa shape index (κ2) is 7.78. The van der Waals surface area contributed by atoms with Crippen LogP contribution >= 0.6 is 11.8 Å². The topological polar surface area (TPSA) is 150 Å². The van der Waals surface area contributed by atoms with Crippen molar-refractivity contribution in [3.63, 3.8) is 0 Å². The third-order valence-corrected chi connectivity index (χ3v) is 5.42. The van der Waals surface area contributed by atoms with Gasteiger partial charge in [0.15, 0.2) is 22.7 Å². The number of ether oxygens (including phenoxy) is 2. The van der Waals surface area contributed by atoms with Gasteiger partial charge in [0.2, 0.25) is 0 Å². The molecular weight excluding hydrogens is 388 g/mol. The summed E-state index contributed by atoms with van der Waals surface area (Å²) < 4.78 is 12.3. The van der Waals surface area contributed by atoms with E-state index in [2.05, 4.69) is 21.1 Å². The third kappa shape index (κ3) is 3.10. The molecule has 11 nitrogen and oxygen atoms in total. The highest BCUT2D eigenvalue weighted by molar-refractivity contribution is 7.98. The number of morpholine rings is 1. The van der Waals surface area contributed by atoms with Gasteiger partial charge in [-0.1, -0.05) is 11.8 Å². The van der Waals surface area contributed by atoms with E-state index >= 15 is 0 Å². The fourth-order valence-corrected chi connectivity index (χ4v) is 3.79. The quantitative estimate of drug-likeness (QED) is 0.416. The predicted molar refractivity (Wildman–Crippen MR) is 97.9 cm³/mol. The van der Waals surface area contributed by atoms with E-state index in [4.69, 9.17) is 9.47 Å². The van der Waals surface area contributed by atoms with Crippen LogP contribution in [0.2, 0.25) is 0 Å². The van der Waals surface area contributed by atoms with Gasteiger partial charge >= 0.3 is 0 Å². The van der Waals surface area contributed by atoms with Gasteiger partial charge in [-0.3, -0.25) is 0 Å². The number of hydrogen-bond donors (Lipinski definition) is 3. The molecule has 28 heavy (non-hydrogen) atoms. The zero-order valence-electron chi connectivity index (χ0n) is 15.1. The van der Waals surface area contributed by atoms with Gasteiger partial charge in [-0.15, -0.1) is 0 Å². The zero-order chi connectivity index (χ0) is 19.8. The molecule has 0 bridgehead atoms. The summed E-state index contributed by atoms with van der Waals surface area (Å²) in [6.45, 7) is 1.87. The van der Waals surface area contributed by atoms with E-state index in [1.807, 2.05) is 11.2 Å². The highest BCUT2D eigenvalue weighted by atomic mass is 32.2. The van der Waals surface area contributed by atoms with Crippen molar-refractivity contribution in [1.82, 2.24) is 19.7 Å². The molecule has 0 radical (unpaired) electrons. The maximum atomic E-state index is 10.4. The summed E-state index contributed by atoms with van der Waals surface area (Å²) in [7, 11) is 0. The van der Waals surface area contributed by atoms with Gasteiger partial charge in [0.1, 0.15) is 35.6 Å². The average molecular weight is 408 g/mol. The van der Waals surface area contributed by atoms with Gasteiger partial charge in [0.25, 0.3) is 0 Å². The number of nitriles is 1. The highest BCUT2D eigenvalue weighted by Crippen LogP contribution is 2.35. The first-order chi connectivity index (χ1) is 13.6. The summed E-state index contributed by atoms with van der Waals surface area (Å²) in [5.41, 5.74) is 0.425. The number of aliphatic hydroxyl groups excluding tert-OH is 3. The molecule has 12 heteroatoms. The molecule has 150 valence electrons. The van der Waals surface area contributed by atoms with Crippen LogP contribution in [-0.4, -0.2) is 92.5 Å². The fourth-order valence-electron chi connectivity index (χ4n) is 3.43. The lowest BCUT2D eigenvalue weighted by atomic mass is 10.1. The van der Waals surface area contributed by atoms with Crippen LogP contribution in [0.25, 0.3) is 11.0 Å². The zero-order valence-corrected chi connectivity index (χ0v) is 15.9. The van der Waals surface area contributed by atoms with Crippen LogP contribution in [0.4, 0.5) is 5.82 Å². The van der Waals surface area contributed by atoms with Gasteiger partial charge in [-0.25, -0.2) is 14.6 Å². The van der Waals surface area contributed by atoms with Crippen molar-refractivity contribution < 1.29 is 24.8 Å². The number of fused-ring (bicyclic) bond motifs is 1. The molecule has 2 aliphatic heterocycles. The van der Waals surface area contributed by atoms with Crippen LogP contribution in [0.5, 0.6) is 0 Å². The molecule has 3 N–H and O–H groups in total. The Kier molecular flexibility index (Phi) is 5.37. The number of hydrogen-bond acceptors (Lipinski definition) is 11. The Bertz CT molecular complexity index is 911. The van der Waals surface area contributed by atoms with Crippen LogP contribution in [0.1, 0.15) is 11.9 Å². The summed E-state index contributed by atoms with van der Waals surface area (Å²) >= 11 is 1.34. The summed E-state index contributed by atoms with van der Waals surface area (Å²) in [4.78, 5) is 11.1. The molecule has 0 spiro atoms. The molecule has 2 fully saturated rings. The molecule has 4 rings (SSSR count). The number of aliphatic hydroxyl groups is 3. The molecule has 0 amide bonds. The number of rotatable bonds is 4. The molecule has 0 saturated carbocycles. The Balaban J connectivity index is 1.88. The van der Waals surface area contributed by atoms with Crippen molar-refractivity contribution in [3.8, 4) is 6.07 Å². The van der Waals surface area contributed by atoms with E-state index in [1.54, 1.807) is 0 Å². The number of thioether (sulfide) groups is 1. The van der Waals surface area contributed by atoms with Crippen molar-refractivity contribution in [2.75, 3.05) is 44.1 Å². The van der Waals surface area contributed by atoms with Crippen molar-refractivity contribution >= 4 is 28.6 Å². The first-order valence-electron chi connectivity index (χ1n) is 8.78. The largest absolute Gasteiger partial charge is 0.394 e. The summed E-state index contributed by atoms with van der Waals surface area (Å²) in [5, 5.41) is 44.7. The van der Waals surface area contributed by atoms with Gasteiger partial charge in [0, 0.05) is 13.1 Å². The Morgan fingerprint density at radius 1 is 1.25 bits per heavy atom. The van der Waals surface area contributed by atoms with Crippen molar-refractivity contribution in [3.05, 3.63) is 5.69 Å². The Labute approximate surface area is 164 Å². The standard InChI is InChI=1S/C16H20N6O5S/c1-28-16-18-13(21-2-4-26-5-3-21)10-8(6-17)20-22(14(10)19-16)15-12(25)11(24)9(7-23)27-15/h9,11-12,15,23-25H,2-5,7H2,1H3/t9-,11-,12-,15-/m1/s1. The summed E-state index contributed by atoms with van der Waals surface area (Å²) in [6.07, 6.45) is -2.81.